The molecular formula is C23H34N4O4. The summed E-state index contributed by atoms with van der Waals surface area (Å²) in [7, 11) is 3.08. The Morgan fingerprint density at radius 1 is 1.16 bits per heavy atom. The van der Waals surface area contributed by atoms with Crippen molar-refractivity contribution < 1.29 is 19.1 Å². The number of hydrogen-bond acceptors (Lipinski definition) is 5. The van der Waals surface area contributed by atoms with E-state index in [1.165, 1.54) is 12.0 Å². The van der Waals surface area contributed by atoms with Gasteiger partial charge in [0.1, 0.15) is 18.2 Å². The molecule has 1 aromatic carbocycles. The van der Waals surface area contributed by atoms with Gasteiger partial charge in [-0.1, -0.05) is 34.1 Å². The summed E-state index contributed by atoms with van der Waals surface area (Å²) in [6.07, 6.45) is 1.75. The maximum Gasteiger partial charge on any atom is 0.249 e. The molecule has 0 radical (unpaired) electrons. The van der Waals surface area contributed by atoms with Gasteiger partial charge in [-0.3, -0.25) is 9.59 Å². The number of amides is 2. The predicted molar refractivity (Wildman–Crippen MR) is 121 cm³/mol. The Kier molecular flexibility index (Phi) is 8.62. The minimum absolute atomic E-state index is 0.0408. The highest BCUT2D eigenvalue weighted by molar-refractivity contribution is 5.94. The van der Waals surface area contributed by atoms with E-state index in [0.717, 1.165) is 30.0 Å². The standard InChI is InChI=1S/C23H34N4O4/c1-7-8-13-26(22(29)16-30-5)15-21(28)24-20-14-19(23(2,3)4)25-27(20)17-9-11-18(31-6)12-10-17/h9-12,14H,7-8,13,15-16H2,1-6H3,(H,24,28). The molecule has 0 aliphatic carbocycles. The number of nitrogens with one attached hydrogen (secondary N) is 1. The van der Waals surface area contributed by atoms with E-state index in [9.17, 15) is 9.59 Å². The molecule has 0 saturated carbocycles. The molecule has 2 rings (SSSR count). The lowest BCUT2D eigenvalue weighted by molar-refractivity contribution is -0.138. The molecule has 0 bridgehead atoms. The zero-order valence-corrected chi connectivity index (χ0v) is 19.4. The Morgan fingerprint density at radius 3 is 2.39 bits per heavy atom. The molecule has 2 aromatic rings. The van der Waals surface area contributed by atoms with Crippen molar-refractivity contribution in [2.75, 3.05) is 39.2 Å². The summed E-state index contributed by atoms with van der Waals surface area (Å²) in [5.41, 5.74) is 1.44. The fourth-order valence-electron chi connectivity index (χ4n) is 2.97. The highest BCUT2D eigenvalue weighted by Gasteiger charge is 2.23. The molecular weight excluding hydrogens is 396 g/mol. The fourth-order valence-corrected chi connectivity index (χ4v) is 2.97. The van der Waals surface area contributed by atoms with E-state index in [2.05, 4.69) is 26.1 Å². The average Bonchev–Trinajstić information content (AvgIpc) is 3.15. The highest BCUT2D eigenvalue weighted by Crippen LogP contribution is 2.27. The van der Waals surface area contributed by atoms with E-state index < -0.39 is 0 Å². The second kappa shape index (κ2) is 10.9. The molecule has 0 aliphatic rings. The van der Waals surface area contributed by atoms with E-state index in [0.29, 0.717) is 12.4 Å². The molecule has 8 heteroatoms. The molecule has 0 unspecified atom stereocenters. The van der Waals surface area contributed by atoms with Crippen molar-refractivity contribution in [3.8, 4) is 11.4 Å². The first-order chi connectivity index (χ1) is 14.7. The Bertz CT molecular complexity index is 869. The largest absolute Gasteiger partial charge is 0.497 e. The third-order valence-corrected chi connectivity index (χ3v) is 4.80. The van der Waals surface area contributed by atoms with E-state index in [1.54, 1.807) is 11.8 Å². The lowest BCUT2D eigenvalue weighted by Crippen LogP contribution is -2.40. The zero-order chi connectivity index (χ0) is 23.0. The van der Waals surface area contributed by atoms with Gasteiger partial charge >= 0.3 is 0 Å². The van der Waals surface area contributed by atoms with Crippen molar-refractivity contribution in [1.29, 1.82) is 0 Å². The number of benzene rings is 1. The third kappa shape index (κ3) is 6.82. The summed E-state index contributed by atoms with van der Waals surface area (Å²) in [5, 5.41) is 7.64. The molecule has 0 fully saturated rings. The quantitative estimate of drug-likeness (QED) is 0.624. The number of unbranched alkanes of at least 4 members (excludes halogenated alkanes) is 1. The van der Waals surface area contributed by atoms with E-state index in [-0.39, 0.29) is 30.4 Å². The van der Waals surface area contributed by atoms with Gasteiger partial charge in [0.15, 0.2) is 0 Å². The van der Waals surface area contributed by atoms with E-state index in [1.807, 2.05) is 37.3 Å². The summed E-state index contributed by atoms with van der Waals surface area (Å²) in [5.74, 6) is 0.802. The molecule has 170 valence electrons. The molecule has 1 heterocycles. The van der Waals surface area contributed by atoms with Gasteiger partial charge in [0.2, 0.25) is 11.8 Å². The van der Waals surface area contributed by atoms with Crippen LogP contribution in [0.5, 0.6) is 5.75 Å². The predicted octanol–water partition coefficient (Wildman–Crippen LogP) is 3.39. The SMILES string of the molecule is CCCCN(CC(=O)Nc1cc(C(C)(C)C)nn1-c1ccc(OC)cc1)C(=O)COC. The number of carbonyl (C=O) groups excluding carboxylic acids is 2. The fraction of sp³-hybridized carbons (Fsp3) is 0.522. The van der Waals surface area contributed by atoms with Crippen LogP contribution in [0.4, 0.5) is 5.82 Å². The second-order valence-corrected chi connectivity index (χ2v) is 8.42. The summed E-state index contributed by atoms with van der Waals surface area (Å²) >= 11 is 0. The Hall–Kier alpha value is -2.87. The number of aromatic nitrogens is 2. The normalized spacial score (nSPS) is 11.3. The molecule has 31 heavy (non-hydrogen) atoms. The maximum atomic E-state index is 12.8. The van der Waals surface area contributed by atoms with Gasteiger partial charge in [-0.05, 0) is 30.7 Å². The van der Waals surface area contributed by atoms with Crippen LogP contribution in [0.3, 0.4) is 0 Å². The van der Waals surface area contributed by atoms with Crippen LogP contribution in [0.2, 0.25) is 0 Å². The smallest absolute Gasteiger partial charge is 0.249 e. The van der Waals surface area contributed by atoms with Crippen molar-refractivity contribution in [2.24, 2.45) is 0 Å². The number of ether oxygens (including phenoxy) is 2. The van der Waals surface area contributed by atoms with Crippen LogP contribution in [0.25, 0.3) is 5.69 Å². The number of nitrogens with zero attached hydrogens (tertiary/aromatic N) is 3. The molecule has 1 N–H and O–H groups in total. The van der Waals surface area contributed by atoms with Gasteiger partial charge in [-0.2, -0.15) is 5.10 Å². The summed E-state index contributed by atoms with van der Waals surface area (Å²) in [6.45, 7) is 8.66. The van der Waals surface area contributed by atoms with Gasteiger partial charge in [0.25, 0.3) is 0 Å². The number of rotatable bonds is 10. The van der Waals surface area contributed by atoms with Crippen LogP contribution in [-0.4, -0.2) is 60.4 Å². The number of methoxy groups -OCH3 is 2. The molecule has 0 saturated heterocycles. The first kappa shape index (κ1) is 24.4. The lowest BCUT2D eigenvalue weighted by Gasteiger charge is -2.21. The first-order valence-corrected chi connectivity index (χ1v) is 10.5. The third-order valence-electron chi connectivity index (χ3n) is 4.80. The summed E-state index contributed by atoms with van der Waals surface area (Å²) < 4.78 is 11.9. The van der Waals surface area contributed by atoms with E-state index in [4.69, 9.17) is 14.6 Å². The Labute approximate surface area is 184 Å². The van der Waals surface area contributed by atoms with Gasteiger partial charge in [-0.25, -0.2) is 4.68 Å². The molecule has 2 amide bonds. The number of carbonyl (C=O) groups is 2. The van der Waals surface area contributed by atoms with Crippen LogP contribution in [0.1, 0.15) is 46.2 Å². The van der Waals surface area contributed by atoms with Gasteiger partial charge in [0, 0.05) is 25.1 Å². The average molecular weight is 431 g/mol. The highest BCUT2D eigenvalue weighted by atomic mass is 16.5. The van der Waals surface area contributed by atoms with Crippen LogP contribution in [0.15, 0.2) is 30.3 Å². The topological polar surface area (TPSA) is 85.7 Å². The van der Waals surface area contributed by atoms with E-state index >= 15 is 0 Å². The minimum atomic E-state index is -0.282. The van der Waals surface area contributed by atoms with Crippen LogP contribution in [0, 0.1) is 0 Å². The van der Waals surface area contributed by atoms with Crippen molar-refractivity contribution in [2.45, 2.75) is 46.0 Å². The molecule has 0 atom stereocenters. The first-order valence-electron chi connectivity index (χ1n) is 10.5. The number of anilines is 1. The molecule has 0 spiro atoms. The van der Waals surface area contributed by atoms with Crippen molar-refractivity contribution in [1.82, 2.24) is 14.7 Å². The van der Waals surface area contributed by atoms with Crippen molar-refractivity contribution >= 4 is 17.6 Å². The number of hydrogen-bond donors (Lipinski definition) is 1. The monoisotopic (exact) mass is 430 g/mol. The van der Waals surface area contributed by atoms with Crippen molar-refractivity contribution in [3.05, 3.63) is 36.0 Å². The van der Waals surface area contributed by atoms with Gasteiger partial charge < -0.3 is 19.7 Å². The maximum absolute atomic E-state index is 12.8. The molecule has 8 nitrogen and oxygen atoms in total. The van der Waals surface area contributed by atoms with Crippen molar-refractivity contribution in [3.63, 3.8) is 0 Å². The van der Waals surface area contributed by atoms with Crippen LogP contribution in [-0.2, 0) is 19.7 Å². The molecule has 1 aromatic heterocycles. The minimum Gasteiger partial charge on any atom is -0.497 e. The summed E-state index contributed by atoms with van der Waals surface area (Å²) in [4.78, 5) is 26.7. The van der Waals surface area contributed by atoms with Gasteiger partial charge in [0.05, 0.1) is 25.0 Å². The van der Waals surface area contributed by atoms with Crippen LogP contribution >= 0.6 is 0 Å². The second-order valence-electron chi connectivity index (χ2n) is 8.42. The Balaban J connectivity index is 2.27. The Morgan fingerprint density at radius 2 is 1.84 bits per heavy atom. The van der Waals surface area contributed by atoms with Gasteiger partial charge in [-0.15, -0.1) is 0 Å². The lowest BCUT2D eigenvalue weighted by atomic mass is 9.92. The summed E-state index contributed by atoms with van der Waals surface area (Å²) in [6, 6.07) is 9.31. The zero-order valence-electron chi connectivity index (χ0n) is 19.4. The molecule has 0 aliphatic heterocycles. The van der Waals surface area contributed by atoms with Crippen LogP contribution < -0.4 is 10.1 Å².